The average Bonchev–Trinajstić information content (AvgIpc) is 2.81. The van der Waals surface area contributed by atoms with Gasteiger partial charge in [0.05, 0.1) is 0 Å². The first kappa shape index (κ1) is 14.4. The van der Waals surface area contributed by atoms with Crippen LogP contribution in [0.4, 0.5) is 0 Å². The Bertz CT molecular complexity index is 487. The van der Waals surface area contributed by atoms with Crippen LogP contribution in [0.1, 0.15) is 25.8 Å². The Balaban J connectivity index is 1.97. The smallest absolute Gasteiger partial charge is 0.326 e. The number of ether oxygens (including phenoxy) is 1. The van der Waals surface area contributed by atoms with Gasteiger partial charge in [-0.1, -0.05) is 32.0 Å². The zero-order chi connectivity index (χ0) is 14.7. The number of hydrogen-bond donors (Lipinski definition) is 2. The predicted molar refractivity (Wildman–Crippen MR) is 73.6 cm³/mol. The van der Waals surface area contributed by atoms with E-state index in [1.54, 1.807) is 0 Å². The number of fused-ring (bicyclic) bond motifs is 1. The highest BCUT2D eigenvalue weighted by Crippen LogP contribution is 2.28. The first-order valence-electron chi connectivity index (χ1n) is 6.75. The molecule has 0 bridgehead atoms. The predicted octanol–water partition coefficient (Wildman–Crippen LogP) is 1.61. The van der Waals surface area contributed by atoms with Crippen molar-refractivity contribution in [3.63, 3.8) is 0 Å². The molecule has 0 spiro atoms. The third kappa shape index (κ3) is 3.29. The maximum Gasteiger partial charge on any atom is 0.326 e. The van der Waals surface area contributed by atoms with Crippen molar-refractivity contribution in [3.8, 4) is 5.75 Å². The maximum absolute atomic E-state index is 12.1. The lowest BCUT2D eigenvalue weighted by molar-refractivity contribution is -0.143. The van der Waals surface area contributed by atoms with E-state index in [4.69, 9.17) is 9.84 Å². The molecule has 1 aromatic rings. The quantitative estimate of drug-likeness (QED) is 0.857. The molecular formula is C15H19NO4. The molecule has 1 aromatic carbocycles. The number of nitrogens with one attached hydrogen (secondary N) is 1. The van der Waals surface area contributed by atoms with E-state index >= 15 is 0 Å². The monoisotopic (exact) mass is 277 g/mol. The Morgan fingerprint density at radius 1 is 1.40 bits per heavy atom. The highest BCUT2D eigenvalue weighted by Gasteiger charge is 2.31. The third-order valence-electron chi connectivity index (χ3n) is 3.26. The number of hydrogen-bond acceptors (Lipinski definition) is 3. The van der Waals surface area contributed by atoms with Crippen LogP contribution in [-0.2, 0) is 16.0 Å². The normalized spacial score (nSPS) is 18.2. The molecule has 108 valence electrons. The van der Waals surface area contributed by atoms with E-state index in [9.17, 15) is 9.59 Å². The number of carboxylic acid groups (broad SMARTS) is 1. The number of para-hydroxylation sites is 1. The Hall–Kier alpha value is -2.04. The molecule has 0 saturated carbocycles. The number of rotatable bonds is 5. The molecular weight excluding hydrogens is 258 g/mol. The molecule has 1 heterocycles. The van der Waals surface area contributed by atoms with Gasteiger partial charge in [0.2, 0.25) is 0 Å². The number of carbonyl (C=O) groups is 2. The van der Waals surface area contributed by atoms with Crippen LogP contribution in [0.3, 0.4) is 0 Å². The number of benzene rings is 1. The number of aliphatic carboxylic acids is 1. The lowest BCUT2D eigenvalue weighted by atomic mass is 10.0. The van der Waals surface area contributed by atoms with Crippen LogP contribution in [0.25, 0.3) is 0 Å². The van der Waals surface area contributed by atoms with Crippen molar-refractivity contribution in [1.29, 1.82) is 0 Å². The molecule has 2 unspecified atom stereocenters. The highest BCUT2D eigenvalue weighted by molar-refractivity contribution is 5.87. The lowest BCUT2D eigenvalue weighted by Gasteiger charge is -2.18. The molecule has 2 rings (SSSR count). The minimum absolute atomic E-state index is 0.193. The Morgan fingerprint density at radius 3 is 2.70 bits per heavy atom. The van der Waals surface area contributed by atoms with E-state index < -0.39 is 18.1 Å². The summed E-state index contributed by atoms with van der Waals surface area (Å²) in [7, 11) is 0. The minimum Gasteiger partial charge on any atom is -0.480 e. The van der Waals surface area contributed by atoms with Crippen LogP contribution in [-0.4, -0.2) is 29.1 Å². The Morgan fingerprint density at radius 2 is 2.10 bits per heavy atom. The molecule has 2 atom stereocenters. The van der Waals surface area contributed by atoms with Gasteiger partial charge in [0.15, 0.2) is 6.10 Å². The second-order valence-electron chi connectivity index (χ2n) is 5.45. The SMILES string of the molecule is CC(C)CC(NC(=O)C1Cc2ccccc2O1)C(=O)O. The van der Waals surface area contributed by atoms with E-state index in [-0.39, 0.29) is 11.8 Å². The molecule has 1 aliphatic heterocycles. The van der Waals surface area contributed by atoms with Crippen molar-refractivity contribution < 1.29 is 19.4 Å². The fourth-order valence-corrected chi connectivity index (χ4v) is 2.29. The molecule has 5 heteroatoms. The number of amides is 1. The highest BCUT2D eigenvalue weighted by atomic mass is 16.5. The standard InChI is InChI=1S/C15H19NO4/c1-9(2)7-11(15(18)19)16-14(17)13-8-10-5-3-4-6-12(10)20-13/h3-6,9,11,13H,7-8H2,1-2H3,(H,16,17)(H,18,19). The summed E-state index contributed by atoms with van der Waals surface area (Å²) in [5.74, 6) is -0.488. The van der Waals surface area contributed by atoms with Gasteiger partial charge in [0, 0.05) is 6.42 Å². The summed E-state index contributed by atoms with van der Waals surface area (Å²) in [5, 5.41) is 11.7. The summed E-state index contributed by atoms with van der Waals surface area (Å²) in [6, 6.07) is 6.59. The molecule has 0 saturated heterocycles. The van der Waals surface area contributed by atoms with E-state index in [1.807, 2.05) is 38.1 Å². The second-order valence-corrected chi connectivity index (χ2v) is 5.45. The fourth-order valence-electron chi connectivity index (χ4n) is 2.29. The van der Waals surface area contributed by atoms with E-state index in [1.165, 1.54) is 0 Å². The molecule has 2 N–H and O–H groups in total. The summed E-state index contributed by atoms with van der Waals surface area (Å²) in [4.78, 5) is 23.3. The van der Waals surface area contributed by atoms with Gasteiger partial charge < -0.3 is 15.2 Å². The lowest BCUT2D eigenvalue weighted by Crippen LogP contribution is -2.47. The summed E-state index contributed by atoms with van der Waals surface area (Å²) in [6.45, 7) is 3.84. The molecule has 0 radical (unpaired) electrons. The van der Waals surface area contributed by atoms with E-state index in [2.05, 4.69) is 5.32 Å². The Kier molecular flexibility index (Phi) is 4.27. The van der Waals surface area contributed by atoms with Gasteiger partial charge in [-0.2, -0.15) is 0 Å². The van der Waals surface area contributed by atoms with Gasteiger partial charge in [-0.25, -0.2) is 4.79 Å². The van der Waals surface area contributed by atoms with Gasteiger partial charge >= 0.3 is 5.97 Å². The van der Waals surface area contributed by atoms with Crippen LogP contribution >= 0.6 is 0 Å². The first-order chi connectivity index (χ1) is 9.47. The van der Waals surface area contributed by atoms with Crippen LogP contribution in [0.2, 0.25) is 0 Å². The number of carbonyl (C=O) groups excluding carboxylic acids is 1. The van der Waals surface area contributed by atoms with Gasteiger partial charge in [0.25, 0.3) is 5.91 Å². The zero-order valence-corrected chi connectivity index (χ0v) is 11.6. The molecule has 1 amide bonds. The zero-order valence-electron chi connectivity index (χ0n) is 11.6. The molecule has 0 fully saturated rings. The topological polar surface area (TPSA) is 75.6 Å². The van der Waals surface area contributed by atoms with E-state index in [0.717, 1.165) is 5.56 Å². The first-order valence-corrected chi connectivity index (χ1v) is 6.75. The molecule has 0 aliphatic carbocycles. The van der Waals surface area contributed by atoms with Crippen molar-refractivity contribution in [3.05, 3.63) is 29.8 Å². The van der Waals surface area contributed by atoms with Crippen molar-refractivity contribution >= 4 is 11.9 Å². The number of carboxylic acids is 1. The Labute approximate surface area is 117 Å². The van der Waals surface area contributed by atoms with Crippen molar-refractivity contribution in [2.45, 2.75) is 38.8 Å². The van der Waals surface area contributed by atoms with E-state index in [0.29, 0.717) is 18.6 Å². The van der Waals surface area contributed by atoms with Crippen LogP contribution in [0.15, 0.2) is 24.3 Å². The summed E-state index contributed by atoms with van der Waals surface area (Å²) >= 11 is 0. The van der Waals surface area contributed by atoms with Gasteiger partial charge in [-0.05, 0) is 24.0 Å². The van der Waals surface area contributed by atoms with Crippen molar-refractivity contribution in [2.24, 2.45) is 5.92 Å². The van der Waals surface area contributed by atoms with Crippen LogP contribution < -0.4 is 10.1 Å². The summed E-state index contributed by atoms with van der Waals surface area (Å²) < 4.78 is 5.55. The second kappa shape index (κ2) is 5.94. The third-order valence-corrected chi connectivity index (χ3v) is 3.26. The van der Waals surface area contributed by atoms with Crippen LogP contribution in [0, 0.1) is 5.92 Å². The van der Waals surface area contributed by atoms with Crippen molar-refractivity contribution in [2.75, 3.05) is 0 Å². The molecule has 1 aliphatic rings. The average molecular weight is 277 g/mol. The summed E-state index contributed by atoms with van der Waals surface area (Å²) in [5.41, 5.74) is 0.975. The van der Waals surface area contributed by atoms with Gasteiger partial charge in [-0.15, -0.1) is 0 Å². The van der Waals surface area contributed by atoms with Gasteiger partial charge in [-0.3, -0.25) is 4.79 Å². The molecule has 20 heavy (non-hydrogen) atoms. The van der Waals surface area contributed by atoms with Crippen LogP contribution in [0.5, 0.6) is 5.75 Å². The largest absolute Gasteiger partial charge is 0.480 e. The van der Waals surface area contributed by atoms with Crippen molar-refractivity contribution in [1.82, 2.24) is 5.32 Å². The van der Waals surface area contributed by atoms with Gasteiger partial charge in [0.1, 0.15) is 11.8 Å². The minimum atomic E-state index is -1.01. The summed E-state index contributed by atoms with van der Waals surface area (Å²) in [6.07, 6.45) is 0.248. The molecule has 5 nitrogen and oxygen atoms in total. The molecule has 0 aromatic heterocycles. The maximum atomic E-state index is 12.1. The fraction of sp³-hybridized carbons (Fsp3) is 0.467.